The number of fused-ring (bicyclic) bond motifs is 1. The van der Waals surface area contributed by atoms with Gasteiger partial charge in [-0.1, -0.05) is 36.4 Å². The Labute approximate surface area is 153 Å². The van der Waals surface area contributed by atoms with E-state index in [1.165, 1.54) is 6.92 Å². The molecule has 1 aromatic heterocycles. The van der Waals surface area contributed by atoms with Gasteiger partial charge in [-0.25, -0.2) is 0 Å². The third-order valence-electron chi connectivity index (χ3n) is 4.07. The Morgan fingerprint density at radius 3 is 2.50 bits per heavy atom. The Morgan fingerprint density at radius 2 is 1.81 bits per heavy atom. The Bertz CT molecular complexity index is 922. The minimum absolute atomic E-state index is 0.0723. The standard InChI is InChI=1S/C22H23NO3/c1-4-25-20-11-8-17(9-12-20)5-6-18-7-10-19-14-21(26-22(19)13-18)15(2)23-16(3)24/h5-15H,4H2,1-3H3,(H,23,24)/b6-5+. The normalized spacial score (nSPS) is 12.4. The summed E-state index contributed by atoms with van der Waals surface area (Å²) in [6.07, 6.45) is 4.11. The quantitative estimate of drug-likeness (QED) is 0.622. The van der Waals surface area contributed by atoms with Crippen LogP contribution in [0.4, 0.5) is 0 Å². The Kier molecular flexibility index (Phi) is 5.42. The lowest BCUT2D eigenvalue weighted by atomic mass is 10.1. The average Bonchev–Trinajstić information content (AvgIpc) is 3.04. The molecule has 0 saturated carbocycles. The highest BCUT2D eigenvalue weighted by Gasteiger charge is 2.12. The van der Waals surface area contributed by atoms with Crippen molar-refractivity contribution in [1.29, 1.82) is 0 Å². The molecule has 1 atom stereocenters. The number of hydrogen-bond donors (Lipinski definition) is 1. The van der Waals surface area contributed by atoms with Gasteiger partial charge in [0.05, 0.1) is 12.6 Å². The van der Waals surface area contributed by atoms with Crippen molar-refractivity contribution in [2.45, 2.75) is 26.8 Å². The molecule has 1 unspecified atom stereocenters. The predicted octanol–water partition coefficient (Wildman–Crippen LogP) is 5.20. The maximum atomic E-state index is 11.2. The minimum Gasteiger partial charge on any atom is -0.494 e. The number of amides is 1. The molecule has 0 fully saturated rings. The largest absolute Gasteiger partial charge is 0.494 e. The van der Waals surface area contributed by atoms with Crippen LogP contribution in [-0.4, -0.2) is 12.5 Å². The molecule has 1 heterocycles. The molecule has 0 saturated heterocycles. The first-order chi connectivity index (χ1) is 12.5. The van der Waals surface area contributed by atoms with E-state index in [9.17, 15) is 4.79 Å². The van der Waals surface area contributed by atoms with Crippen LogP contribution in [0.1, 0.15) is 43.7 Å². The number of carbonyl (C=O) groups is 1. The molecule has 0 aliphatic heterocycles. The van der Waals surface area contributed by atoms with Gasteiger partial charge in [-0.2, -0.15) is 0 Å². The second kappa shape index (κ2) is 7.91. The molecule has 0 radical (unpaired) electrons. The fraction of sp³-hybridized carbons (Fsp3) is 0.227. The second-order valence-corrected chi connectivity index (χ2v) is 6.20. The van der Waals surface area contributed by atoms with Crippen LogP contribution in [0.5, 0.6) is 5.75 Å². The number of rotatable bonds is 6. The van der Waals surface area contributed by atoms with Crippen LogP contribution in [0.3, 0.4) is 0 Å². The number of nitrogens with one attached hydrogen (secondary N) is 1. The van der Waals surface area contributed by atoms with Crippen LogP contribution < -0.4 is 10.1 Å². The van der Waals surface area contributed by atoms with Crippen molar-refractivity contribution in [2.24, 2.45) is 0 Å². The van der Waals surface area contributed by atoms with Gasteiger partial charge in [0.15, 0.2) is 0 Å². The highest BCUT2D eigenvalue weighted by atomic mass is 16.5. The van der Waals surface area contributed by atoms with Crippen LogP contribution in [-0.2, 0) is 4.79 Å². The van der Waals surface area contributed by atoms with E-state index in [4.69, 9.17) is 9.15 Å². The zero-order valence-electron chi connectivity index (χ0n) is 15.3. The van der Waals surface area contributed by atoms with Crippen molar-refractivity contribution in [3.8, 4) is 5.75 Å². The van der Waals surface area contributed by atoms with Gasteiger partial charge in [0, 0.05) is 12.3 Å². The zero-order chi connectivity index (χ0) is 18.5. The molecule has 1 N–H and O–H groups in total. The Hall–Kier alpha value is -3.01. The minimum atomic E-state index is -0.150. The first-order valence-corrected chi connectivity index (χ1v) is 8.76. The monoisotopic (exact) mass is 349 g/mol. The summed E-state index contributed by atoms with van der Waals surface area (Å²) in [4.78, 5) is 11.2. The number of ether oxygens (including phenoxy) is 1. The number of hydrogen-bond acceptors (Lipinski definition) is 3. The molecule has 0 aliphatic rings. The summed E-state index contributed by atoms with van der Waals surface area (Å²) in [6.45, 7) is 6.05. The molecular weight excluding hydrogens is 326 g/mol. The average molecular weight is 349 g/mol. The van der Waals surface area contributed by atoms with Gasteiger partial charge in [-0.3, -0.25) is 4.79 Å². The van der Waals surface area contributed by atoms with E-state index in [1.807, 2.05) is 56.3 Å². The van der Waals surface area contributed by atoms with Gasteiger partial charge in [0.1, 0.15) is 17.1 Å². The van der Waals surface area contributed by atoms with Crippen LogP contribution in [0.25, 0.3) is 23.1 Å². The summed E-state index contributed by atoms with van der Waals surface area (Å²) in [5.74, 6) is 1.56. The third-order valence-corrected chi connectivity index (χ3v) is 4.07. The van der Waals surface area contributed by atoms with Crippen molar-refractivity contribution in [2.75, 3.05) is 6.61 Å². The first-order valence-electron chi connectivity index (χ1n) is 8.76. The van der Waals surface area contributed by atoms with Crippen molar-refractivity contribution in [3.05, 3.63) is 65.4 Å². The van der Waals surface area contributed by atoms with Gasteiger partial charge >= 0.3 is 0 Å². The van der Waals surface area contributed by atoms with E-state index < -0.39 is 0 Å². The molecule has 3 rings (SSSR count). The number of carbonyl (C=O) groups excluding carboxylic acids is 1. The van der Waals surface area contributed by atoms with Crippen LogP contribution in [0.2, 0.25) is 0 Å². The molecule has 26 heavy (non-hydrogen) atoms. The van der Waals surface area contributed by atoms with Gasteiger partial charge in [0.25, 0.3) is 0 Å². The smallest absolute Gasteiger partial charge is 0.217 e. The summed E-state index contributed by atoms with van der Waals surface area (Å²) >= 11 is 0. The molecule has 2 aromatic carbocycles. The fourth-order valence-corrected chi connectivity index (χ4v) is 2.80. The van der Waals surface area contributed by atoms with E-state index in [-0.39, 0.29) is 11.9 Å². The highest BCUT2D eigenvalue weighted by molar-refractivity contribution is 5.83. The summed E-state index contributed by atoms with van der Waals surface area (Å²) in [5, 5.41) is 3.86. The Morgan fingerprint density at radius 1 is 1.12 bits per heavy atom. The molecule has 4 nitrogen and oxygen atoms in total. The molecule has 4 heteroatoms. The molecule has 0 bridgehead atoms. The summed E-state index contributed by atoms with van der Waals surface area (Å²) < 4.78 is 11.4. The van der Waals surface area contributed by atoms with Crippen LogP contribution in [0, 0.1) is 0 Å². The molecule has 3 aromatic rings. The fourth-order valence-electron chi connectivity index (χ4n) is 2.80. The third kappa shape index (κ3) is 4.33. The molecule has 0 aliphatic carbocycles. The van der Waals surface area contributed by atoms with Gasteiger partial charge in [-0.15, -0.1) is 0 Å². The summed E-state index contributed by atoms with van der Waals surface area (Å²) in [6, 6.07) is 15.9. The van der Waals surface area contributed by atoms with E-state index in [2.05, 4.69) is 23.5 Å². The van der Waals surface area contributed by atoms with Crippen molar-refractivity contribution >= 4 is 29.0 Å². The van der Waals surface area contributed by atoms with Gasteiger partial charge in [0.2, 0.25) is 5.91 Å². The molecule has 0 spiro atoms. The number of benzene rings is 2. The van der Waals surface area contributed by atoms with Crippen molar-refractivity contribution in [1.82, 2.24) is 5.32 Å². The van der Waals surface area contributed by atoms with E-state index in [0.29, 0.717) is 6.61 Å². The summed E-state index contributed by atoms with van der Waals surface area (Å²) in [5.41, 5.74) is 2.97. The molecular formula is C22H23NO3. The zero-order valence-corrected chi connectivity index (χ0v) is 15.3. The maximum absolute atomic E-state index is 11.2. The van der Waals surface area contributed by atoms with Gasteiger partial charge < -0.3 is 14.5 Å². The van der Waals surface area contributed by atoms with Crippen LogP contribution in [0.15, 0.2) is 52.9 Å². The number of furan rings is 1. The van der Waals surface area contributed by atoms with E-state index in [1.54, 1.807) is 0 Å². The molecule has 1 amide bonds. The SMILES string of the molecule is CCOc1ccc(/C=C/c2ccc3cc(C(C)NC(C)=O)oc3c2)cc1. The Balaban J connectivity index is 1.77. The topological polar surface area (TPSA) is 51.5 Å². The van der Waals surface area contributed by atoms with Crippen molar-refractivity contribution < 1.29 is 13.9 Å². The van der Waals surface area contributed by atoms with E-state index in [0.717, 1.165) is 33.6 Å². The van der Waals surface area contributed by atoms with Crippen molar-refractivity contribution in [3.63, 3.8) is 0 Å². The lowest BCUT2D eigenvalue weighted by molar-refractivity contribution is -0.119. The summed E-state index contributed by atoms with van der Waals surface area (Å²) in [7, 11) is 0. The maximum Gasteiger partial charge on any atom is 0.217 e. The van der Waals surface area contributed by atoms with E-state index >= 15 is 0 Å². The van der Waals surface area contributed by atoms with Crippen LogP contribution >= 0.6 is 0 Å². The first kappa shape index (κ1) is 17.8. The highest BCUT2D eigenvalue weighted by Crippen LogP contribution is 2.25. The lowest BCUT2D eigenvalue weighted by Crippen LogP contribution is -2.23. The van der Waals surface area contributed by atoms with Gasteiger partial charge in [-0.05, 0) is 49.2 Å². The second-order valence-electron chi connectivity index (χ2n) is 6.20. The molecule has 134 valence electrons. The lowest BCUT2D eigenvalue weighted by Gasteiger charge is -2.08. The predicted molar refractivity (Wildman–Crippen MR) is 105 cm³/mol.